The lowest BCUT2D eigenvalue weighted by atomic mass is 10.1. The Balaban J connectivity index is 2.05. The first kappa shape index (κ1) is 23.3. The van der Waals surface area contributed by atoms with Crippen molar-refractivity contribution in [3.05, 3.63) is 30.3 Å². The molecule has 0 spiro atoms. The summed E-state index contributed by atoms with van der Waals surface area (Å²) in [5.41, 5.74) is 0.695. The van der Waals surface area contributed by atoms with Gasteiger partial charge in [0, 0.05) is 18.8 Å². The Hall–Kier alpha value is -2.94. The van der Waals surface area contributed by atoms with Crippen molar-refractivity contribution < 1.29 is 29.0 Å². The summed E-state index contributed by atoms with van der Waals surface area (Å²) in [5.74, 6) is -1.92. The first-order valence-electron chi connectivity index (χ1n) is 10.1. The molecule has 1 aromatic carbocycles. The minimum absolute atomic E-state index is 0.183. The van der Waals surface area contributed by atoms with Crippen LogP contribution in [0.4, 0.5) is 5.69 Å². The topological polar surface area (TPSA) is 116 Å². The van der Waals surface area contributed by atoms with Crippen molar-refractivity contribution in [1.82, 2.24) is 10.2 Å². The van der Waals surface area contributed by atoms with E-state index in [1.54, 1.807) is 26.0 Å². The quantitative estimate of drug-likeness (QED) is 0.406. The van der Waals surface area contributed by atoms with Crippen molar-refractivity contribution in [2.45, 2.75) is 51.2 Å². The minimum Gasteiger partial charge on any atom is -0.480 e. The van der Waals surface area contributed by atoms with Gasteiger partial charge in [0.15, 0.2) is 0 Å². The molecule has 1 fully saturated rings. The Bertz CT molecular complexity index is 742. The van der Waals surface area contributed by atoms with E-state index in [1.807, 2.05) is 18.2 Å². The second kappa shape index (κ2) is 11.3. The van der Waals surface area contributed by atoms with Gasteiger partial charge in [0.05, 0.1) is 12.6 Å². The Kier molecular flexibility index (Phi) is 8.79. The average Bonchev–Trinajstić information content (AvgIpc) is 3.23. The molecule has 2 rings (SSSR count). The lowest BCUT2D eigenvalue weighted by Gasteiger charge is -2.28. The zero-order valence-electron chi connectivity index (χ0n) is 17.3. The molecule has 0 bridgehead atoms. The highest BCUT2D eigenvalue weighted by Crippen LogP contribution is 2.19. The number of carbonyl (C=O) groups excluding carboxylic acids is 3. The van der Waals surface area contributed by atoms with E-state index in [9.17, 15) is 24.3 Å². The normalized spacial score (nSPS) is 17.8. The standard InChI is InChI=1S/C21H29N3O6/c1-3-30-21(29)17(11-13-23(14-25)16-8-5-4-6-9-16)22-15(2)19(26)24-12-7-10-18(24)20(27)28/h4-6,8-9,14-15,17-18,22H,3,7,10-13H2,1-2H3,(H,27,28)/t15-,17?,18-/m0/s1. The van der Waals surface area contributed by atoms with Crippen molar-refractivity contribution in [2.75, 3.05) is 24.6 Å². The van der Waals surface area contributed by atoms with E-state index >= 15 is 0 Å². The number of carboxylic acids is 1. The third-order valence-electron chi connectivity index (χ3n) is 5.09. The van der Waals surface area contributed by atoms with Crippen LogP contribution in [-0.4, -0.2) is 72.1 Å². The van der Waals surface area contributed by atoms with Crippen molar-refractivity contribution in [2.24, 2.45) is 0 Å². The van der Waals surface area contributed by atoms with Gasteiger partial charge in [-0.25, -0.2) is 4.79 Å². The summed E-state index contributed by atoms with van der Waals surface area (Å²) in [6.07, 6.45) is 1.96. The van der Waals surface area contributed by atoms with Gasteiger partial charge >= 0.3 is 11.9 Å². The van der Waals surface area contributed by atoms with Crippen LogP contribution in [0.5, 0.6) is 0 Å². The van der Waals surface area contributed by atoms with E-state index in [2.05, 4.69) is 5.32 Å². The number of nitrogens with one attached hydrogen (secondary N) is 1. The minimum atomic E-state index is -1.03. The maximum Gasteiger partial charge on any atom is 0.326 e. The highest BCUT2D eigenvalue weighted by atomic mass is 16.5. The fourth-order valence-corrected chi connectivity index (χ4v) is 3.55. The molecule has 1 aliphatic heterocycles. The maximum absolute atomic E-state index is 12.8. The van der Waals surface area contributed by atoms with Gasteiger partial charge in [-0.3, -0.25) is 19.7 Å². The average molecular weight is 419 g/mol. The molecule has 3 atom stereocenters. The van der Waals surface area contributed by atoms with Crippen LogP contribution in [0.15, 0.2) is 30.3 Å². The second-order valence-corrected chi connectivity index (χ2v) is 7.14. The lowest BCUT2D eigenvalue weighted by molar-refractivity contribution is -0.150. The molecule has 1 aromatic rings. The van der Waals surface area contributed by atoms with Crippen molar-refractivity contribution in [3.8, 4) is 0 Å². The number of para-hydroxylation sites is 1. The van der Waals surface area contributed by atoms with Gasteiger partial charge in [-0.1, -0.05) is 18.2 Å². The number of amides is 2. The van der Waals surface area contributed by atoms with E-state index in [1.165, 1.54) is 9.80 Å². The van der Waals surface area contributed by atoms with Crippen LogP contribution in [0, 0.1) is 0 Å². The first-order valence-corrected chi connectivity index (χ1v) is 10.1. The molecule has 30 heavy (non-hydrogen) atoms. The number of esters is 1. The van der Waals surface area contributed by atoms with Gasteiger partial charge in [-0.15, -0.1) is 0 Å². The molecule has 1 unspecified atom stereocenters. The number of rotatable bonds is 11. The molecule has 164 valence electrons. The van der Waals surface area contributed by atoms with E-state index < -0.39 is 30.1 Å². The molecule has 0 aliphatic carbocycles. The Morgan fingerprint density at radius 2 is 2.03 bits per heavy atom. The monoisotopic (exact) mass is 419 g/mol. The van der Waals surface area contributed by atoms with Crippen LogP contribution in [0.2, 0.25) is 0 Å². The predicted molar refractivity (Wildman–Crippen MR) is 110 cm³/mol. The summed E-state index contributed by atoms with van der Waals surface area (Å²) >= 11 is 0. The number of carbonyl (C=O) groups is 4. The summed E-state index contributed by atoms with van der Waals surface area (Å²) in [4.78, 5) is 50.9. The zero-order valence-corrected chi connectivity index (χ0v) is 17.3. The Morgan fingerprint density at radius 3 is 2.63 bits per heavy atom. The Morgan fingerprint density at radius 1 is 1.33 bits per heavy atom. The maximum atomic E-state index is 12.8. The predicted octanol–water partition coefficient (Wildman–Crippen LogP) is 1.02. The highest BCUT2D eigenvalue weighted by Gasteiger charge is 2.37. The van der Waals surface area contributed by atoms with Gasteiger partial charge in [0.25, 0.3) is 0 Å². The van der Waals surface area contributed by atoms with Gasteiger partial charge in [0.2, 0.25) is 12.3 Å². The summed E-state index contributed by atoms with van der Waals surface area (Å²) < 4.78 is 5.11. The molecule has 1 aliphatic rings. The second-order valence-electron chi connectivity index (χ2n) is 7.14. The summed E-state index contributed by atoms with van der Waals surface area (Å²) in [5, 5.41) is 12.3. The van der Waals surface area contributed by atoms with Gasteiger partial charge in [-0.05, 0) is 45.2 Å². The van der Waals surface area contributed by atoms with Crippen molar-refractivity contribution in [3.63, 3.8) is 0 Å². The molecule has 9 nitrogen and oxygen atoms in total. The van der Waals surface area contributed by atoms with Crippen molar-refractivity contribution >= 4 is 29.9 Å². The third kappa shape index (κ3) is 6.03. The van der Waals surface area contributed by atoms with E-state index in [4.69, 9.17) is 4.74 Å². The van der Waals surface area contributed by atoms with Crippen LogP contribution in [-0.2, 0) is 23.9 Å². The molecule has 9 heteroatoms. The number of anilines is 1. The number of aliphatic carboxylic acids is 1. The van der Waals surface area contributed by atoms with E-state index in [0.29, 0.717) is 31.5 Å². The zero-order chi connectivity index (χ0) is 22.1. The van der Waals surface area contributed by atoms with Crippen LogP contribution >= 0.6 is 0 Å². The number of ether oxygens (including phenoxy) is 1. The third-order valence-corrected chi connectivity index (χ3v) is 5.09. The summed E-state index contributed by atoms with van der Waals surface area (Å²) in [6, 6.07) is 6.59. The molecule has 0 radical (unpaired) electrons. The summed E-state index contributed by atoms with van der Waals surface area (Å²) in [7, 11) is 0. The van der Waals surface area contributed by atoms with Crippen LogP contribution in [0.3, 0.4) is 0 Å². The highest BCUT2D eigenvalue weighted by molar-refractivity contribution is 5.88. The largest absolute Gasteiger partial charge is 0.480 e. The number of hydrogen-bond acceptors (Lipinski definition) is 6. The molecular formula is C21H29N3O6. The molecule has 2 N–H and O–H groups in total. The number of nitrogens with zero attached hydrogens (tertiary/aromatic N) is 2. The van der Waals surface area contributed by atoms with E-state index in [-0.39, 0.29) is 25.5 Å². The van der Waals surface area contributed by atoms with Crippen LogP contribution in [0.1, 0.15) is 33.1 Å². The lowest BCUT2D eigenvalue weighted by Crippen LogP contribution is -2.53. The molecular weight excluding hydrogens is 390 g/mol. The molecule has 0 saturated carbocycles. The number of carboxylic acid groups (broad SMARTS) is 1. The number of hydrogen-bond donors (Lipinski definition) is 2. The molecule has 1 heterocycles. The molecule has 0 aromatic heterocycles. The fourth-order valence-electron chi connectivity index (χ4n) is 3.55. The number of likely N-dealkylation sites (tertiary alicyclic amines) is 1. The molecule has 1 saturated heterocycles. The SMILES string of the molecule is CCOC(=O)C(CCN(C=O)c1ccccc1)N[C@@H](C)C(=O)N1CCC[C@H]1C(=O)O. The van der Waals surface area contributed by atoms with Gasteiger partial charge in [0.1, 0.15) is 12.1 Å². The van der Waals surface area contributed by atoms with Crippen LogP contribution < -0.4 is 10.2 Å². The number of benzene rings is 1. The first-order chi connectivity index (χ1) is 14.4. The fraction of sp³-hybridized carbons (Fsp3) is 0.524. The van der Waals surface area contributed by atoms with Gasteiger partial charge in [-0.2, -0.15) is 0 Å². The smallest absolute Gasteiger partial charge is 0.326 e. The Labute approximate surface area is 176 Å². The van der Waals surface area contributed by atoms with E-state index in [0.717, 1.165) is 0 Å². The van der Waals surface area contributed by atoms with Crippen molar-refractivity contribution in [1.29, 1.82) is 0 Å². The van der Waals surface area contributed by atoms with Gasteiger partial charge < -0.3 is 19.6 Å². The molecule has 2 amide bonds. The van der Waals surface area contributed by atoms with Crippen LogP contribution in [0.25, 0.3) is 0 Å². The summed E-state index contributed by atoms with van der Waals surface area (Å²) in [6.45, 7) is 4.08.